The fraction of sp³-hybridized carbons (Fsp3) is 0.812. The smallest absolute Gasteiger partial charge is 0.237 e. The highest BCUT2D eigenvalue weighted by Gasteiger charge is 2.36. The SMILES string of the molecule is [B]C(N)C(=O)C(C)(CC)NC(CCCCN)C(=O)NCC(=O)CC. The summed E-state index contributed by atoms with van der Waals surface area (Å²) < 4.78 is 0. The second-order valence-electron chi connectivity index (χ2n) is 6.17. The van der Waals surface area contributed by atoms with Gasteiger partial charge in [0.1, 0.15) is 7.85 Å². The lowest BCUT2D eigenvalue weighted by atomic mass is 9.80. The van der Waals surface area contributed by atoms with Gasteiger partial charge in [0, 0.05) is 12.4 Å². The molecular formula is C16H31BN4O3. The van der Waals surface area contributed by atoms with E-state index in [0.29, 0.717) is 25.8 Å². The molecule has 0 rings (SSSR count). The maximum Gasteiger partial charge on any atom is 0.237 e. The van der Waals surface area contributed by atoms with Crippen LogP contribution in [0.1, 0.15) is 52.9 Å². The molecule has 6 N–H and O–H groups in total. The Labute approximate surface area is 146 Å². The van der Waals surface area contributed by atoms with Crippen molar-refractivity contribution >= 4 is 25.3 Å². The molecule has 8 heteroatoms. The lowest BCUT2D eigenvalue weighted by Gasteiger charge is -2.34. The Kier molecular flexibility index (Phi) is 10.7. The van der Waals surface area contributed by atoms with Crippen LogP contribution in [0.15, 0.2) is 0 Å². The van der Waals surface area contributed by atoms with E-state index in [4.69, 9.17) is 19.3 Å². The second kappa shape index (κ2) is 11.3. The zero-order valence-corrected chi connectivity index (χ0v) is 15.1. The van der Waals surface area contributed by atoms with Gasteiger partial charge in [-0.15, -0.1) is 0 Å². The van der Waals surface area contributed by atoms with Crippen LogP contribution in [-0.2, 0) is 14.4 Å². The Morgan fingerprint density at radius 3 is 2.29 bits per heavy atom. The van der Waals surface area contributed by atoms with Gasteiger partial charge < -0.3 is 16.8 Å². The minimum Gasteiger partial charge on any atom is -0.348 e. The Morgan fingerprint density at radius 2 is 1.83 bits per heavy atom. The Hall–Kier alpha value is -1.25. The first-order valence-electron chi connectivity index (χ1n) is 8.54. The van der Waals surface area contributed by atoms with Crippen LogP contribution in [0.3, 0.4) is 0 Å². The Balaban J connectivity index is 5.06. The number of rotatable bonds is 13. The number of nitrogens with two attached hydrogens (primary N) is 2. The van der Waals surface area contributed by atoms with Gasteiger partial charge >= 0.3 is 0 Å². The largest absolute Gasteiger partial charge is 0.348 e. The van der Waals surface area contributed by atoms with E-state index < -0.39 is 17.5 Å². The van der Waals surface area contributed by atoms with Crippen molar-refractivity contribution in [2.45, 2.75) is 70.4 Å². The van der Waals surface area contributed by atoms with Crippen LogP contribution < -0.4 is 22.1 Å². The fourth-order valence-corrected chi connectivity index (χ4v) is 2.30. The van der Waals surface area contributed by atoms with Crippen molar-refractivity contribution < 1.29 is 14.4 Å². The molecular weight excluding hydrogens is 307 g/mol. The van der Waals surface area contributed by atoms with Gasteiger partial charge in [0.25, 0.3) is 0 Å². The van der Waals surface area contributed by atoms with Gasteiger partial charge in [0.15, 0.2) is 11.6 Å². The molecule has 0 heterocycles. The summed E-state index contributed by atoms with van der Waals surface area (Å²) in [6.07, 6.45) is 2.80. The molecule has 2 radical (unpaired) electrons. The van der Waals surface area contributed by atoms with E-state index in [1.165, 1.54) is 0 Å². The Bertz CT molecular complexity index is 432. The standard InChI is InChI=1S/C16H31BN4O3/c1-4-11(22)10-20-15(24)12(8-6-7-9-18)21-16(3,5-2)13(23)14(17)19/h12,14,21H,4-10,18-19H2,1-3H3,(H,20,24). The predicted molar refractivity (Wildman–Crippen MR) is 95.6 cm³/mol. The third kappa shape index (κ3) is 7.55. The number of ketones is 2. The molecule has 0 saturated heterocycles. The Morgan fingerprint density at radius 1 is 1.21 bits per heavy atom. The highest BCUT2D eigenvalue weighted by molar-refractivity contribution is 6.25. The topological polar surface area (TPSA) is 127 Å². The molecule has 136 valence electrons. The third-order valence-electron chi connectivity index (χ3n) is 4.16. The molecule has 7 nitrogen and oxygen atoms in total. The monoisotopic (exact) mass is 338 g/mol. The van der Waals surface area contributed by atoms with Crippen molar-refractivity contribution in [3.63, 3.8) is 0 Å². The maximum absolute atomic E-state index is 12.4. The number of nitrogens with one attached hydrogen (secondary N) is 2. The second-order valence-corrected chi connectivity index (χ2v) is 6.17. The number of unbranched alkanes of at least 4 members (excludes halogenated alkanes) is 1. The molecule has 0 bridgehead atoms. The normalized spacial score (nSPS) is 16.0. The quantitative estimate of drug-likeness (QED) is 0.261. The number of Topliss-reactive ketones (excluding diaryl/α,β-unsaturated/α-hetero) is 2. The summed E-state index contributed by atoms with van der Waals surface area (Å²) in [5.41, 5.74) is 10.0. The minimum absolute atomic E-state index is 0.0163. The van der Waals surface area contributed by atoms with Gasteiger partial charge in [0.05, 0.1) is 18.1 Å². The van der Waals surface area contributed by atoms with Crippen LogP contribution >= 0.6 is 0 Å². The van der Waals surface area contributed by atoms with Gasteiger partial charge in [-0.25, -0.2) is 0 Å². The molecule has 0 fully saturated rings. The van der Waals surface area contributed by atoms with Gasteiger partial charge in [-0.3, -0.25) is 19.7 Å². The minimum atomic E-state index is -1.11. The molecule has 0 aromatic rings. The summed E-state index contributed by atoms with van der Waals surface area (Å²) in [5, 5.41) is 5.71. The summed E-state index contributed by atoms with van der Waals surface area (Å²) in [7, 11) is 5.51. The summed E-state index contributed by atoms with van der Waals surface area (Å²) in [4.78, 5) is 36.1. The van der Waals surface area contributed by atoms with E-state index in [-0.39, 0.29) is 24.0 Å². The zero-order valence-electron chi connectivity index (χ0n) is 15.1. The van der Waals surface area contributed by atoms with E-state index in [1.54, 1.807) is 13.8 Å². The van der Waals surface area contributed by atoms with Gasteiger partial charge in [-0.1, -0.05) is 20.3 Å². The van der Waals surface area contributed by atoms with Crippen LogP contribution in [0.4, 0.5) is 0 Å². The first-order valence-corrected chi connectivity index (χ1v) is 8.54. The average Bonchev–Trinajstić information content (AvgIpc) is 2.57. The van der Waals surface area contributed by atoms with Gasteiger partial charge in [-0.05, 0) is 32.7 Å². The van der Waals surface area contributed by atoms with E-state index in [1.807, 2.05) is 6.92 Å². The van der Waals surface area contributed by atoms with Crippen molar-refractivity contribution in [2.75, 3.05) is 13.1 Å². The molecule has 3 atom stereocenters. The van der Waals surface area contributed by atoms with Gasteiger partial charge in [0.2, 0.25) is 5.91 Å². The van der Waals surface area contributed by atoms with Crippen LogP contribution in [0.25, 0.3) is 0 Å². The summed E-state index contributed by atoms with van der Waals surface area (Å²) >= 11 is 0. The van der Waals surface area contributed by atoms with E-state index >= 15 is 0 Å². The summed E-state index contributed by atoms with van der Waals surface area (Å²) in [5.74, 6) is -1.84. The van der Waals surface area contributed by atoms with Crippen molar-refractivity contribution in [3.05, 3.63) is 0 Å². The molecule has 24 heavy (non-hydrogen) atoms. The molecule has 0 aliphatic rings. The first-order chi connectivity index (χ1) is 11.2. The molecule has 0 saturated carbocycles. The number of amides is 1. The van der Waals surface area contributed by atoms with Crippen molar-refractivity contribution in [1.29, 1.82) is 0 Å². The van der Waals surface area contributed by atoms with Crippen LogP contribution in [-0.4, -0.2) is 55.9 Å². The van der Waals surface area contributed by atoms with E-state index in [9.17, 15) is 14.4 Å². The number of hydrogen-bond donors (Lipinski definition) is 4. The number of carbonyl (C=O) groups excluding carboxylic acids is 3. The highest BCUT2D eigenvalue weighted by Crippen LogP contribution is 2.15. The summed E-state index contributed by atoms with van der Waals surface area (Å²) in [6, 6.07) is -0.617. The van der Waals surface area contributed by atoms with Crippen LogP contribution in [0, 0.1) is 0 Å². The van der Waals surface area contributed by atoms with E-state index in [0.717, 1.165) is 12.8 Å². The van der Waals surface area contributed by atoms with Crippen LogP contribution in [0.5, 0.6) is 0 Å². The lowest BCUT2D eigenvalue weighted by molar-refractivity contribution is -0.129. The van der Waals surface area contributed by atoms with Gasteiger partial charge in [-0.2, -0.15) is 0 Å². The maximum atomic E-state index is 12.4. The number of carbonyl (C=O) groups is 3. The highest BCUT2D eigenvalue weighted by atomic mass is 16.2. The molecule has 3 unspecified atom stereocenters. The molecule has 0 aromatic heterocycles. The van der Waals surface area contributed by atoms with Crippen molar-refractivity contribution in [2.24, 2.45) is 11.5 Å². The van der Waals surface area contributed by atoms with Crippen LogP contribution in [0.2, 0.25) is 0 Å². The predicted octanol–water partition coefficient (Wildman–Crippen LogP) is -0.640. The average molecular weight is 338 g/mol. The zero-order chi connectivity index (χ0) is 18.8. The first kappa shape index (κ1) is 22.8. The molecule has 1 amide bonds. The fourth-order valence-electron chi connectivity index (χ4n) is 2.30. The molecule has 0 aromatic carbocycles. The molecule has 0 aliphatic heterocycles. The van der Waals surface area contributed by atoms with Crippen molar-refractivity contribution in [3.8, 4) is 0 Å². The third-order valence-corrected chi connectivity index (χ3v) is 4.16. The van der Waals surface area contributed by atoms with E-state index in [2.05, 4.69) is 10.6 Å². The summed E-state index contributed by atoms with van der Waals surface area (Å²) in [6.45, 7) is 5.75. The number of hydrogen-bond acceptors (Lipinski definition) is 6. The van der Waals surface area contributed by atoms with Crippen molar-refractivity contribution in [1.82, 2.24) is 10.6 Å². The molecule has 0 spiro atoms. The molecule has 0 aliphatic carbocycles. The lowest BCUT2D eigenvalue weighted by Crippen LogP contribution is -2.61.